The Balaban J connectivity index is 0.00000480. The van der Waals surface area contributed by atoms with Crippen molar-refractivity contribution < 1.29 is 17.2 Å². The third-order valence-electron chi connectivity index (χ3n) is 5.14. The SMILES string of the molecule is CCN(CC)c1ccc(N/C=C(/C#N)C(=O)N(Cc2ccccc2)C(C)C)c(C)c1.[Cl-]. The van der Waals surface area contributed by atoms with Crippen molar-refractivity contribution in [3.63, 3.8) is 0 Å². The zero-order valence-corrected chi connectivity index (χ0v) is 19.8. The van der Waals surface area contributed by atoms with Crippen LogP contribution in [-0.4, -0.2) is 29.9 Å². The van der Waals surface area contributed by atoms with Crippen LogP contribution in [0.5, 0.6) is 0 Å². The Bertz CT molecular complexity index is 915. The van der Waals surface area contributed by atoms with E-state index in [0.29, 0.717) is 6.54 Å². The molecule has 0 bridgehead atoms. The monoisotopic (exact) mass is 439 g/mol. The molecule has 0 aliphatic heterocycles. The van der Waals surface area contributed by atoms with Gasteiger partial charge in [-0.25, -0.2) is 0 Å². The van der Waals surface area contributed by atoms with E-state index in [-0.39, 0.29) is 29.9 Å². The molecule has 0 aliphatic carbocycles. The van der Waals surface area contributed by atoms with Gasteiger partial charge in [-0.1, -0.05) is 30.3 Å². The lowest BCUT2D eigenvalue weighted by Crippen LogP contribution is -3.00. The third-order valence-corrected chi connectivity index (χ3v) is 5.14. The van der Waals surface area contributed by atoms with Gasteiger partial charge in [-0.2, -0.15) is 5.26 Å². The van der Waals surface area contributed by atoms with E-state index in [9.17, 15) is 10.1 Å². The van der Waals surface area contributed by atoms with Crippen molar-refractivity contribution >= 4 is 17.3 Å². The molecular weight excluding hydrogens is 408 g/mol. The molecule has 0 saturated heterocycles. The van der Waals surface area contributed by atoms with Crippen molar-refractivity contribution in [1.29, 1.82) is 5.26 Å². The van der Waals surface area contributed by atoms with E-state index in [1.54, 1.807) is 4.90 Å². The van der Waals surface area contributed by atoms with Gasteiger partial charge in [-0.15, -0.1) is 0 Å². The minimum atomic E-state index is -0.277. The van der Waals surface area contributed by atoms with Crippen LogP contribution in [0.15, 0.2) is 60.3 Å². The van der Waals surface area contributed by atoms with Gasteiger partial charge in [-0.05, 0) is 63.9 Å². The van der Waals surface area contributed by atoms with Crippen LogP contribution in [0.3, 0.4) is 0 Å². The fourth-order valence-corrected chi connectivity index (χ4v) is 3.31. The Hall–Kier alpha value is -2.97. The number of halogens is 1. The number of nitrogens with one attached hydrogen (secondary N) is 1. The molecule has 1 amide bonds. The molecule has 0 fully saturated rings. The second-order valence-electron chi connectivity index (χ2n) is 7.50. The van der Waals surface area contributed by atoms with Crippen molar-refractivity contribution in [2.24, 2.45) is 0 Å². The fourth-order valence-electron chi connectivity index (χ4n) is 3.31. The van der Waals surface area contributed by atoms with Gasteiger partial charge >= 0.3 is 0 Å². The van der Waals surface area contributed by atoms with Gasteiger partial charge in [0, 0.05) is 43.3 Å². The molecule has 5 nitrogen and oxygen atoms in total. The molecule has 2 aromatic carbocycles. The van der Waals surface area contributed by atoms with E-state index in [1.165, 1.54) is 6.20 Å². The van der Waals surface area contributed by atoms with Crippen LogP contribution < -0.4 is 22.6 Å². The summed E-state index contributed by atoms with van der Waals surface area (Å²) in [4.78, 5) is 17.0. The Labute approximate surface area is 192 Å². The Morgan fingerprint density at radius 2 is 1.77 bits per heavy atom. The molecule has 6 heteroatoms. The van der Waals surface area contributed by atoms with Crippen molar-refractivity contribution in [3.8, 4) is 6.07 Å². The van der Waals surface area contributed by atoms with Crippen molar-refractivity contribution in [1.82, 2.24) is 4.90 Å². The first kappa shape index (κ1) is 26.1. The van der Waals surface area contributed by atoms with Crippen LogP contribution in [0.2, 0.25) is 0 Å². The molecule has 0 unspecified atom stereocenters. The highest BCUT2D eigenvalue weighted by molar-refractivity contribution is 5.97. The van der Waals surface area contributed by atoms with Crippen LogP contribution in [0.1, 0.15) is 38.8 Å². The highest BCUT2D eigenvalue weighted by atomic mass is 35.5. The minimum Gasteiger partial charge on any atom is -1.00 e. The van der Waals surface area contributed by atoms with E-state index < -0.39 is 0 Å². The summed E-state index contributed by atoms with van der Waals surface area (Å²) >= 11 is 0. The van der Waals surface area contributed by atoms with E-state index in [1.807, 2.05) is 57.2 Å². The number of carbonyl (C=O) groups excluding carboxylic acids is 1. The number of rotatable bonds is 9. The number of aryl methyl sites for hydroxylation is 1. The first-order chi connectivity index (χ1) is 14.4. The topological polar surface area (TPSA) is 59.4 Å². The third kappa shape index (κ3) is 7.04. The number of carbonyl (C=O) groups is 1. The molecule has 0 atom stereocenters. The molecule has 2 aromatic rings. The lowest BCUT2D eigenvalue weighted by molar-refractivity contribution is -0.129. The Morgan fingerprint density at radius 3 is 2.29 bits per heavy atom. The van der Waals surface area contributed by atoms with Gasteiger partial charge in [0.1, 0.15) is 11.6 Å². The molecule has 0 heterocycles. The van der Waals surface area contributed by atoms with E-state index in [0.717, 1.165) is 35.6 Å². The summed E-state index contributed by atoms with van der Waals surface area (Å²) in [5.74, 6) is -0.277. The zero-order chi connectivity index (χ0) is 22.1. The summed E-state index contributed by atoms with van der Waals surface area (Å²) in [6, 6.07) is 18.0. The molecule has 0 spiro atoms. The normalized spacial score (nSPS) is 10.8. The number of anilines is 2. The predicted molar refractivity (Wildman–Crippen MR) is 124 cm³/mol. The molecule has 0 aromatic heterocycles. The first-order valence-electron chi connectivity index (χ1n) is 10.5. The van der Waals surface area contributed by atoms with Crippen LogP contribution in [0.25, 0.3) is 0 Å². The van der Waals surface area contributed by atoms with Crippen molar-refractivity contribution in [2.75, 3.05) is 23.3 Å². The summed E-state index contributed by atoms with van der Waals surface area (Å²) in [5, 5.41) is 12.8. The van der Waals surface area contributed by atoms with E-state index in [2.05, 4.69) is 42.3 Å². The molecule has 0 radical (unpaired) electrons. The second-order valence-corrected chi connectivity index (χ2v) is 7.50. The smallest absolute Gasteiger partial charge is 0.266 e. The molecule has 1 N–H and O–H groups in total. The van der Waals surface area contributed by atoms with Crippen LogP contribution in [0.4, 0.5) is 11.4 Å². The standard InChI is InChI=1S/C25H32N4O.ClH/c1-6-28(7-2)23-13-14-24(20(5)15-23)27-17-22(16-26)25(30)29(19(3)4)18-21-11-9-8-10-12-21;/h8-15,17,19,27H,6-7,18H2,1-5H3;1H/p-1/b22-17-;. The number of amides is 1. The maximum Gasteiger partial charge on any atom is 0.266 e. The van der Waals surface area contributed by atoms with Gasteiger partial charge in [0.25, 0.3) is 5.91 Å². The number of nitriles is 1. The predicted octanol–water partition coefficient (Wildman–Crippen LogP) is 2.10. The molecule has 0 saturated carbocycles. The molecule has 31 heavy (non-hydrogen) atoms. The maximum atomic E-state index is 13.0. The average molecular weight is 440 g/mol. The quantitative estimate of drug-likeness (QED) is 0.480. The van der Waals surface area contributed by atoms with E-state index in [4.69, 9.17) is 0 Å². The summed E-state index contributed by atoms with van der Waals surface area (Å²) in [5.41, 5.74) is 4.23. The van der Waals surface area contributed by atoms with Gasteiger partial charge in [0.05, 0.1) is 0 Å². The molecular formula is C25H32ClN4O-. The molecule has 0 aliphatic rings. The lowest BCUT2D eigenvalue weighted by atomic mass is 10.1. The zero-order valence-electron chi connectivity index (χ0n) is 19.0. The highest BCUT2D eigenvalue weighted by Crippen LogP contribution is 2.23. The Morgan fingerprint density at radius 1 is 1.13 bits per heavy atom. The van der Waals surface area contributed by atoms with Crippen molar-refractivity contribution in [2.45, 2.75) is 47.2 Å². The number of hydrogen-bond donors (Lipinski definition) is 1. The lowest BCUT2D eigenvalue weighted by Gasteiger charge is -2.26. The number of benzene rings is 2. The first-order valence-corrected chi connectivity index (χ1v) is 10.5. The average Bonchev–Trinajstić information content (AvgIpc) is 2.75. The van der Waals surface area contributed by atoms with Crippen molar-refractivity contribution in [3.05, 3.63) is 71.4 Å². The highest BCUT2D eigenvalue weighted by Gasteiger charge is 2.21. The summed E-state index contributed by atoms with van der Waals surface area (Å²) in [6.45, 7) is 12.6. The van der Waals surface area contributed by atoms with Crippen LogP contribution >= 0.6 is 0 Å². The fraction of sp³-hybridized carbons (Fsp3) is 0.360. The van der Waals surface area contributed by atoms with Gasteiger partial charge in [-0.3, -0.25) is 4.79 Å². The summed E-state index contributed by atoms with van der Waals surface area (Å²) in [6.07, 6.45) is 1.52. The number of hydrogen-bond acceptors (Lipinski definition) is 4. The molecule has 166 valence electrons. The summed E-state index contributed by atoms with van der Waals surface area (Å²) in [7, 11) is 0. The van der Waals surface area contributed by atoms with E-state index >= 15 is 0 Å². The van der Waals surface area contributed by atoms with Gasteiger partial charge < -0.3 is 27.5 Å². The minimum absolute atomic E-state index is 0. The van der Waals surface area contributed by atoms with Crippen LogP contribution in [0, 0.1) is 18.3 Å². The number of nitrogens with zero attached hydrogens (tertiary/aromatic N) is 3. The second kappa shape index (κ2) is 12.7. The Kier molecular flexibility index (Phi) is 10.6. The largest absolute Gasteiger partial charge is 1.00 e. The maximum absolute atomic E-state index is 13.0. The molecule has 2 rings (SSSR count). The summed E-state index contributed by atoms with van der Waals surface area (Å²) < 4.78 is 0. The van der Waals surface area contributed by atoms with Gasteiger partial charge in [0.2, 0.25) is 0 Å². The van der Waals surface area contributed by atoms with Crippen LogP contribution in [-0.2, 0) is 11.3 Å². The van der Waals surface area contributed by atoms with Gasteiger partial charge in [0.15, 0.2) is 0 Å².